The van der Waals surface area contributed by atoms with E-state index in [1.54, 1.807) is 0 Å². The van der Waals surface area contributed by atoms with E-state index in [2.05, 4.69) is 113 Å². The molecule has 0 spiro atoms. The lowest BCUT2D eigenvalue weighted by Crippen LogP contribution is -2.30. The Kier molecular flexibility index (Phi) is 6.43. The van der Waals surface area contributed by atoms with Crippen molar-refractivity contribution in [2.75, 3.05) is 5.32 Å². The van der Waals surface area contributed by atoms with Crippen LogP contribution in [-0.2, 0) is 5.41 Å². The van der Waals surface area contributed by atoms with E-state index in [-0.39, 0.29) is 0 Å². The lowest BCUT2D eigenvalue weighted by molar-refractivity contribution is 0.679. The number of anilines is 2. The SMILES string of the molecule is CC(=N)c1ccccc1C(C)(c1ccc(C)cc1C)c1cc(Nc2ccccc2)c(C)cc1C. The monoisotopic (exact) mass is 446 g/mol. The highest BCUT2D eigenvalue weighted by atomic mass is 14.9. The van der Waals surface area contributed by atoms with Crippen LogP contribution in [0.15, 0.2) is 84.9 Å². The molecule has 0 aliphatic rings. The van der Waals surface area contributed by atoms with Crippen molar-refractivity contribution < 1.29 is 0 Å². The van der Waals surface area contributed by atoms with Gasteiger partial charge < -0.3 is 10.7 Å². The van der Waals surface area contributed by atoms with Gasteiger partial charge in [-0.3, -0.25) is 0 Å². The van der Waals surface area contributed by atoms with Crippen molar-refractivity contribution in [3.8, 4) is 0 Å². The third kappa shape index (κ3) is 4.28. The van der Waals surface area contributed by atoms with E-state index in [1.807, 2.05) is 19.1 Å². The fraction of sp³-hybridized carbons (Fsp3) is 0.219. The third-order valence-corrected chi connectivity index (χ3v) is 6.95. The molecular formula is C32H34N2. The van der Waals surface area contributed by atoms with Gasteiger partial charge in [-0.25, -0.2) is 0 Å². The predicted octanol–water partition coefficient (Wildman–Crippen LogP) is 8.41. The number of benzene rings is 4. The molecule has 0 amide bonds. The largest absolute Gasteiger partial charge is 0.355 e. The lowest BCUT2D eigenvalue weighted by atomic mass is 9.66. The molecule has 172 valence electrons. The Balaban J connectivity index is 2.02. The highest BCUT2D eigenvalue weighted by Crippen LogP contribution is 2.45. The summed E-state index contributed by atoms with van der Waals surface area (Å²) in [4.78, 5) is 0. The summed E-state index contributed by atoms with van der Waals surface area (Å²) < 4.78 is 0. The van der Waals surface area contributed by atoms with Crippen molar-refractivity contribution in [3.05, 3.63) is 129 Å². The second kappa shape index (κ2) is 9.30. The van der Waals surface area contributed by atoms with Crippen molar-refractivity contribution in [2.45, 2.75) is 47.0 Å². The van der Waals surface area contributed by atoms with Crippen LogP contribution in [-0.4, -0.2) is 5.71 Å². The van der Waals surface area contributed by atoms with E-state index < -0.39 is 5.41 Å². The molecule has 0 bridgehead atoms. The summed E-state index contributed by atoms with van der Waals surface area (Å²) in [6, 6.07) is 30.0. The summed E-state index contributed by atoms with van der Waals surface area (Å²) in [5, 5.41) is 12.2. The number of aryl methyl sites for hydroxylation is 4. The molecule has 0 fully saturated rings. The van der Waals surface area contributed by atoms with Crippen molar-refractivity contribution in [3.63, 3.8) is 0 Å². The number of hydrogen-bond acceptors (Lipinski definition) is 2. The zero-order chi connectivity index (χ0) is 24.5. The number of hydrogen-bond donors (Lipinski definition) is 2. The minimum absolute atomic E-state index is 0.429. The number of nitrogens with one attached hydrogen (secondary N) is 2. The van der Waals surface area contributed by atoms with E-state index in [9.17, 15) is 0 Å². The molecule has 0 saturated carbocycles. The van der Waals surface area contributed by atoms with Crippen LogP contribution >= 0.6 is 0 Å². The Bertz CT molecular complexity index is 1350. The third-order valence-electron chi connectivity index (χ3n) is 6.95. The zero-order valence-corrected chi connectivity index (χ0v) is 21.1. The maximum absolute atomic E-state index is 8.54. The molecule has 4 rings (SSSR count). The molecule has 0 saturated heterocycles. The van der Waals surface area contributed by atoms with Crippen molar-refractivity contribution in [1.29, 1.82) is 5.41 Å². The first-order valence-corrected chi connectivity index (χ1v) is 11.9. The second-order valence-electron chi connectivity index (χ2n) is 9.59. The van der Waals surface area contributed by atoms with E-state index in [0.717, 1.165) is 22.5 Å². The second-order valence-corrected chi connectivity index (χ2v) is 9.59. The molecule has 34 heavy (non-hydrogen) atoms. The maximum atomic E-state index is 8.54. The zero-order valence-electron chi connectivity index (χ0n) is 21.1. The normalized spacial score (nSPS) is 12.8. The van der Waals surface area contributed by atoms with E-state index in [4.69, 9.17) is 5.41 Å². The molecular weight excluding hydrogens is 412 g/mol. The molecule has 0 aromatic heterocycles. The minimum Gasteiger partial charge on any atom is -0.355 e. The standard InChI is InChI=1S/C32H34N2/c1-21-16-17-28(22(2)18-21)32(6,29-15-11-10-14-27(29)25(5)33)30-20-31(24(4)19-23(30)3)34-26-12-8-7-9-13-26/h7-20,33-34H,1-6H3. The predicted molar refractivity (Wildman–Crippen MR) is 146 cm³/mol. The molecule has 1 atom stereocenters. The van der Waals surface area contributed by atoms with Crippen LogP contribution in [0, 0.1) is 33.1 Å². The molecule has 2 nitrogen and oxygen atoms in total. The van der Waals surface area contributed by atoms with Gasteiger partial charge in [-0.1, -0.05) is 72.3 Å². The van der Waals surface area contributed by atoms with E-state index in [0.29, 0.717) is 5.71 Å². The molecule has 2 heteroatoms. The topological polar surface area (TPSA) is 35.9 Å². The highest BCUT2D eigenvalue weighted by Gasteiger charge is 2.36. The Labute approximate surface area is 204 Å². The first-order valence-electron chi connectivity index (χ1n) is 11.9. The molecule has 1 unspecified atom stereocenters. The summed E-state index contributed by atoms with van der Waals surface area (Å²) in [5.41, 5.74) is 12.0. The van der Waals surface area contributed by atoms with Crippen LogP contribution < -0.4 is 5.32 Å². The summed E-state index contributed by atoms with van der Waals surface area (Å²) in [5.74, 6) is 0. The van der Waals surface area contributed by atoms with Gasteiger partial charge in [-0.2, -0.15) is 0 Å². The Morgan fingerprint density at radius 3 is 2.00 bits per heavy atom. The summed E-state index contributed by atoms with van der Waals surface area (Å²) in [6.45, 7) is 12.9. The number of rotatable bonds is 6. The Morgan fingerprint density at radius 1 is 0.676 bits per heavy atom. The van der Waals surface area contributed by atoms with Crippen LogP contribution in [0.2, 0.25) is 0 Å². The summed E-state index contributed by atoms with van der Waals surface area (Å²) in [6.07, 6.45) is 0. The molecule has 2 N–H and O–H groups in total. The van der Waals surface area contributed by atoms with Crippen molar-refractivity contribution in [2.24, 2.45) is 0 Å². The maximum Gasteiger partial charge on any atom is 0.0435 e. The van der Waals surface area contributed by atoms with Crippen LogP contribution in [0.4, 0.5) is 11.4 Å². The average Bonchev–Trinajstić information content (AvgIpc) is 2.81. The summed E-state index contributed by atoms with van der Waals surface area (Å²) in [7, 11) is 0. The van der Waals surface area contributed by atoms with E-state index in [1.165, 1.54) is 33.4 Å². The lowest BCUT2D eigenvalue weighted by Gasteiger charge is -2.37. The quantitative estimate of drug-likeness (QED) is 0.226. The van der Waals surface area contributed by atoms with Gasteiger partial charge in [0.15, 0.2) is 0 Å². The summed E-state index contributed by atoms with van der Waals surface area (Å²) >= 11 is 0. The highest BCUT2D eigenvalue weighted by molar-refractivity contribution is 5.98. The van der Waals surface area contributed by atoms with Gasteiger partial charge in [-0.15, -0.1) is 0 Å². The Morgan fingerprint density at radius 2 is 1.32 bits per heavy atom. The molecule has 0 radical (unpaired) electrons. The average molecular weight is 447 g/mol. The smallest absolute Gasteiger partial charge is 0.0435 e. The van der Waals surface area contributed by atoms with Crippen LogP contribution in [0.5, 0.6) is 0 Å². The van der Waals surface area contributed by atoms with Gasteiger partial charge in [0.2, 0.25) is 0 Å². The number of para-hydroxylation sites is 1. The fourth-order valence-electron chi connectivity index (χ4n) is 5.26. The molecule has 0 aliphatic carbocycles. The van der Waals surface area contributed by atoms with Crippen molar-refractivity contribution in [1.82, 2.24) is 0 Å². The Hall–Kier alpha value is -3.65. The van der Waals surface area contributed by atoms with Gasteiger partial charge in [0.25, 0.3) is 0 Å². The van der Waals surface area contributed by atoms with Crippen molar-refractivity contribution >= 4 is 17.1 Å². The van der Waals surface area contributed by atoms with Gasteiger partial charge >= 0.3 is 0 Å². The van der Waals surface area contributed by atoms with Gasteiger partial charge in [0.05, 0.1) is 0 Å². The minimum atomic E-state index is -0.429. The molecule has 4 aromatic carbocycles. The van der Waals surface area contributed by atoms with E-state index >= 15 is 0 Å². The molecule has 0 heterocycles. The molecule has 0 aliphatic heterocycles. The van der Waals surface area contributed by atoms with Gasteiger partial charge in [0, 0.05) is 22.5 Å². The first-order chi connectivity index (χ1) is 16.2. The van der Waals surface area contributed by atoms with Crippen LogP contribution in [0.25, 0.3) is 0 Å². The fourth-order valence-corrected chi connectivity index (χ4v) is 5.26. The van der Waals surface area contributed by atoms with Crippen LogP contribution in [0.1, 0.15) is 58.4 Å². The molecule has 4 aromatic rings. The van der Waals surface area contributed by atoms with Crippen LogP contribution in [0.3, 0.4) is 0 Å². The van der Waals surface area contributed by atoms with Gasteiger partial charge in [0.1, 0.15) is 0 Å². The first kappa shape index (κ1) is 23.5. The van der Waals surface area contributed by atoms with Gasteiger partial charge in [-0.05, 0) is 98.7 Å².